The fourth-order valence-corrected chi connectivity index (χ4v) is 5.31. The van der Waals surface area contributed by atoms with Crippen LogP contribution in [-0.2, 0) is 4.79 Å². The number of thioether (sulfide) groups is 1. The van der Waals surface area contributed by atoms with Gasteiger partial charge in [0.1, 0.15) is 17.2 Å². The first kappa shape index (κ1) is 25.3. The summed E-state index contributed by atoms with van der Waals surface area (Å²) in [7, 11) is 1.45. The third-order valence-electron chi connectivity index (χ3n) is 4.75. The number of hydrogen-bond acceptors (Lipinski definition) is 8. The first-order chi connectivity index (χ1) is 16.9. The average Bonchev–Trinajstić information content (AvgIpc) is 3.46. The zero-order valence-corrected chi connectivity index (χ0v) is 22.1. The molecule has 35 heavy (non-hydrogen) atoms. The number of amides is 2. The van der Waals surface area contributed by atoms with Gasteiger partial charge in [-0.3, -0.25) is 14.5 Å². The first-order valence-corrected chi connectivity index (χ1v) is 13.0. The summed E-state index contributed by atoms with van der Waals surface area (Å²) in [6.07, 6.45) is 1.58. The van der Waals surface area contributed by atoms with Crippen LogP contribution < -0.4 is 14.2 Å². The number of rotatable bonds is 8. The monoisotopic (exact) mass is 593 g/mol. The molecular weight excluding hydrogens is 578 g/mol. The topological polar surface area (TPSA) is 82.1 Å². The summed E-state index contributed by atoms with van der Waals surface area (Å²) in [5, 5.41) is 1.84. The van der Waals surface area contributed by atoms with Crippen LogP contribution in [0.15, 0.2) is 63.3 Å². The largest absolute Gasteiger partial charge is 0.493 e. The van der Waals surface area contributed by atoms with Crippen molar-refractivity contribution in [1.82, 2.24) is 4.90 Å². The Bertz CT molecular complexity index is 1310. The van der Waals surface area contributed by atoms with Crippen molar-refractivity contribution in [2.75, 3.05) is 20.3 Å². The molecule has 0 N–H and O–H groups in total. The summed E-state index contributed by atoms with van der Waals surface area (Å²) in [4.78, 5) is 39.5. The molecule has 0 bridgehead atoms. The lowest BCUT2D eigenvalue weighted by atomic mass is 10.2. The normalized spacial score (nSPS) is 14.5. The van der Waals surface area contributed by atoms with Crippen LogP contribution in [0, 0.1) is 0 Å². The second kappa shape index (κ2) is 11.3. The highest BCUT2D eigenvalue weighted by Crippen LogP contribution is 2.39. The summed E-state index contributed by atoms with van der Waals surface area (Å²) < 4.78 is 17.0. The molecule has 1 aliphatic heterocycles. The van der Waals surface area contributed by atoms with E-state index in [2.05, 4.69) is 15.9 Å². The maximum atomic E-state index is 12.8. The lowest BCUT2D eigenvalue weighted by molar-refractivity contribution is -0.123. The van der Waals surface area contributed by atoms with Gasteiger partial charge in [0, 0.05) is 0 Å². The first-order valence-electron chi connectivity index (χ1n) is 10.1. The highest BCUT2D eigenvalue weighted by atomic mass is 79.9. The van der Waals surface area contributed by atoms with E-state index in [0.29, 0.717) is 31.4 Å². The predicted octanol–water partition coefficient (Wildman–Crippen LogP) is 6.51. The van der Waals surface area contributed by atoms with Gasteiger partial charge in [-0.05, 0) is 75.0 Å². The van der Waals surface area contributed by atoms with Gasteiger partial charge in [-0.15, -0.1) is 11.3 Å². The molecule has 0 atom stereocenters. The fourth-order valence-electron chi connectivity index (χ4n) is 3.11. The lowest BCUT2D eigenvalue weighted by Gasteiger charge is -2.14. The van der Waals surface area contributed by atoms with Gasteiger partial charge < -0.3 is 14.2 Å². The van der Waals surface area contributed by atoms with E-state index in [4.69, 9.17) is 25.8 Å². The van der Waals surface area contributed by atoms with E-state index in [9.17, 15) is 14.4 Å². The SMILES string of the molecule is COc1cc(/C=C2\SC(=O)N(CCOc3ccccc3Cl)C2=O)cc(Br)c1OC(=O)c1cccs1. The minimum atomic E-state index is -0.508. The Morgan fingerprint density at radius 3 is 2.66 bits per heavy atom. The third kappa shape index (κ3) is 5.90. The molecule has 0 spiro atoms. The molecule has 180 valence electrons. The van der Waals surface area contributed by atoms with Crippen LogP contribution in [-0.4, -0.2) is 42.3 Å². The van der Waals surface area contributed by atoms with E-state index in [1.165, 1.54) is 18.4 Å². The van der Waals surface area contributed by atoms with E-state index < -0.39 is 17.1 Å². The summed E-state index contributed by atoms with van der Waals surface area (Å²) in [5.41, 5.74) is 0.586. The number of ether oxygens (including phenoxy) is 3. The van der Waals surface area contributed by atoms with Crippen molar-refractivity contribution in [2.24, 2.45) is 0 Å². The van der Waals surface area contributed by atoms with Crippen LogP contribution in [0.25, 0.3) is 6.08 Å². The van der Waals surface area contributed by atoms with E-state index in [-0.39, 0.29) is 23.8 Å². The molecule has 1 aromatic heterocycles. The van der Waals surface area contributed by atoms with E-state index >= 15 is 0 Å². The van der Waals surface area contributed by atoms with Gasteiger partial charge in [0.25, 0.3) is 11.1 Å². The minimum Gasteiger partial charge on any atom is -0.493 e. The maximum absolute atomic E-state index is 12.8. The number of nitrogens with zero attached hydrogens (tertiary/aromatic N) is 1. The molecule has 11 heteroatoms. The number of thiophene rings is 1. The summed E-state index contributed by atoms with van der Waals surface area (Å²) in [5.74, 6) is 0.0576. The number of hydrogen-bond donors (Lipinski definition) is 0. The highest BCUT2D eigenvalue weighted by molar-refractivity contribution is 9.10. The molecule has 1 aliphatic rings. The predicted molar refractivity (Wildman–Crippen MR) is 140 cm³/mol. The summed E-state index contributed by atoms with van der Waals surface area (Å²) in [6.45, 7) is 0.191. The van der Waals surface area contributed by atoms with Crippen molar-refractivity contribution >= 4 is 73.8 Å². The van der Waals surface area contributed by atoms with Crippen molar-refractivity contribution < 1.29 is 28.6 Å². The zero-order chi connectivity index (χ0) is 24.9. The lowest BCUT2D eigenvalue weighted by Crippen LogP contribution is -2.32. The fraction of sp³-hybridized carbons (Fsp3) is 0.125. The Hall–Kier alpha value is -2.79. The van der Waals surface area contributed by atoms with Crippen molar-refractivity contribution in [2.45, 2.75) is 0 Å². The molecule has 2 amide bonds. The molecule has 0 radical (unpaired) electrons. The summed E-state index contributed by atoms with van der Waals surface area (Å²) in [6, 6.07) is 13.7. The average molecular weight is 595 g/mol. The molecule has 0 aliphatic carbocycles. The molecule has 1 fully saturated rings. The van der Waals surface area contributed by atoms with E-state index in [1.807, 2.05) is 0 Å². The Morgan fingerprint density at radius 2 is 1.94 bits per heavy atom. The van der Waals surface area contributed by atoms with Crippen LogP contribution in [0.5, 0.6) is 17.2 Å². The van der Waals surface area contributed by atoms with E-state index in [1.54, 1.807) is 60.0 Å². The van der Waals surface area contributed by atoms with Crippen molar-refractivity contribution in [3.8, 4) is 17.2 Å². The number of benzene rings is 2. The molecular formula is C24H17BrClNO6S2. The van der Waals surface area contributed by atoms with Gasteiger partial charge in [-0.2, -0.15) is 0 Å². The summed E-state index contributed by atoms with van der Waals surface area (Å²) >= 11 is 11.6. The number of halogens is 2. The van der Waals surface area contributed by atoms with Crippen LogP contribution in [0.4, 0.5) is 4.79 Å². The highest BCUT2D eigenvalue weighted by Gasteiger charge is 2.35. The van der Waals surface area contributed by atoms with E-state index in [0.717, 1.165) is 16.7 Å². The Labute approximate surface area is 222 Å². The standard InChI is InChI=1S/C24H17BrClNO6S2/c1-31-18-12-14(11-15(25)21(18)33-23(29)19-7-4-10-34-19)13-20-22(28)27(24(30)35-20)8-9-32-17-6-3-2-5-16(17)26/h2-7,10-13H,8-9H2,1H3/b20-13-. The Morgan fingerprint density at radius 1 is 1.14 bits per heavy atom. The Kier molecular flexibility index (Phi) is 8.17. The number of para-hydroxylation sites is 1. The number of carbonyl (C=O) groups excluding carboxylic acids is 3. The molecule has 1 saturated heterocycles. The smallest absolute Gasteiger partial charge is 0.353 e. The molecule has 7 nitrogen and oxygen atoms in total. The van der Waals surface area contributed by atoms with Gasteiger partial charge in [0.2, 0.25) is 0 Å². The third-order valence-corrected chi connectivity index (χ3v) is 7.41. The second-order valence-corrected chi connectivity index (χ2v) is 10.2. The van der Waals surface area contributed by atoms with Crippen molar-refractivity contribution in [1.29, 1.82) is 0 Å². The van der Waals surface area contributed by atoms with Gasteiger partial charge in [-0.1, -0.05) is 29.8 Å². The minimum absolute atomic E-state index is 0.0812. The molecule has 3 aromatic rings. The van der Waals surface area contributed by atoms with Crippen LogP contribution in [0.3, 0.4) is 0 Å². The molecule has 2 heterocycles. The molecule has 0 saturated carbocycles. The molecule has 0 unspecified atom stereocenters. The van der Waals surface area contributed by atoms with Crippen LogP contribution >= 0.6 is 50.6 Å². The number of esters is 1. The van der Waals surface area contributed by atoms with Gasteiger partial charge in [0.05, 0.1) is 28.1 Å². The molecule has 2 aromatic carbocycles. The molecule has 4 rings (SSSR count). The van der Waals surface area contributed by atoms with Gasteiger partial charge >= 0.3 is 5.97 Å². The quantitative estimate of drug-likeness (QED) is 0.167. The maximum Gasteiger partial charge on any atom is 0.353 e. The number of methoxy groups -OCH3 is 1. The van der Waals surface area contributed by atoms with Crippen LogP contribution in [0.1, 0.15) is 15.2 Å². The van der Waals surface area contributed by atoms with Crippen molar-refractivity contribution in [3.63, 3.8) is 0 Å². The number of carbonyl (C=O) groups is 3. The van der Waals surface area contributed by atoms with Crippen LogP contribution in [0.2, 0.25) is 5.02 Å². The second-order valence-electron chi connectivity index (χ2n) is 7.01. The van der Waals surface area contributed by atoms with Gasteiger partial charge in [-0.25, -0.2) is 4.79 Å². The van der Waals surface area contributed by atoms with Gasteiger partial charge in [0.15, 0.2) is 11.5 Å². The zero-order valence-electron chi connectivity index (χ0n) is 18.2. The number of imide groups is 1. The Balaban J connectivity index is 1.47. The van der Waals surface area contributed by atoms with Crippen molar-refractivity contribution in [3.05, 3.63) is 78.8 Å².